The Kier molecular flexibility index (Phi) is 5.72. The van der Waals surface area contributed by atoms with Crippen molar-refractivity contribution in [2.75, 3.05) is 29.9 Å². The van der Waals surface area contributed by atoms with Gasteiger partial charge in [0.15, 0.2) is 11.6 Å². The number of carbonyl (C=O) groups is 1. The van der Waals surface area contributed by atoms with Crippen molar-refractivity contribution in [2.45, 2.75) is 18.9 Å². The van der Waals surface area contributed by atoms with Gasteiger partial charge in [-0.15, -0.1) is 0 Å². The number of amides is 1. The standard InChI is InChI=1S/C23H22ClFN6O2/c1-2-19(32)28-14-9-31(10-14)18-8-6-16-22(30-18)23(27-12-26-16)29-15-5-7-17(20(24)21(15)25)33-11-13-3-4-13/h2,5-8,12-14H,1,3-4,9-11H2,(H,28,32)(H,26,27,29). The summed E-state index contributed by atoms with van der Waals surface area (Å²) in [5.41, 5.74) is 1.28. The van der Waals surface area contributed by atoms with Gasteiger partial charge in [-0.1, -0.05) is 18.2 Å². The number of pyridine rings is 1. The first kappa shape index (κ1) is 21.4. The molecule has 1 saturated heterocycles. The molecule has 1 aliphatic carbocycles. The molecular formula is C23H22ClFN6O2. The van der Waals surface area contributed by atoms with Crippen molar-refractivity contribution in [3.05, 3.63) is 54.1 Å². The Morgan fingerprint density at radius 3 is 2.85 bits per heavy atom. The molecule has 0 unspecified atom stereocenters. The molecule has 2 fully saturated rings. The molecule has 1 aromatic carbocycles. The zero-order chi connectivity index (χ0) is 22.9. The Hall–Kier alpha value is -3.46. The molecule has 0 spiro atoms. The number of fused-ring (bicyclic) bond motifs is 1. The lowest BCUT2D eigenvalue weighted by Gasteiger charge is -2.40. The Labute approximate surface area is 194 Å². The quantitative estimate of drug-likeness (QED) is 0.485. The molecule has 0 radical (unpaired) electrons. The van der Waals surface area contributed by atoms with Crippen LogP contribution in [0.2, 0.25) is 5.02 Å². The lowest BCUT2D eigenvalue weighted by molar-refractivity contribution is -0.117. The van der Waals surface area contributed by atoms with Crippen molar-refractivity contribution in [3.63, 3.8) is 0 Å². The largest absolute Gasteiger partial charge is 0.492 e. The van der Waals surface area contributed by atoms with E-state index >= 15 is 0 Å². The number of ether oxygens (including phenoxy) is 1. The highest BCUT2D eigenvalue weighted by atomic mass is 35.5. The molecule has 170 valence electrons. The van der Waals surface area contributed by atoms with Crippen LogP contribution in [0, 0.1) is 11.7 Å². The molecule has 8 nitrogen and oxygen atoms in total. The van der Waals surface area contributed by atoms with Crippen LogP contribution in [-0.2, 0) is 4.79 Å². The lowest BCUT2D eigenvalue weighted by atomic mass is 10.1. The van der Waals surface area contributed by atoms with E-state index in [1.165, 1.54) is 12.4 Å². The van der Waals surface area contributed by atoms with Crippen LogP contribution in [0.4, 0.5) is 21.7 Å². The molecule has 3 heterocycles. The van der Waals surface area contributed by atoms with Crippen molar-refractivity contribution < 1.29 is 13.9 Å². The second-order valence-corrected chi connectivity index (χ2v) is 8.57. The van der Waals surface area contributed by atoms with Gasteiger partial charge in [-0.2, -0.15) is 0 Å². The summed E-state index contributed by atoms with van der Waals surface area (Å²) < 4.78 is 20.6. The van der Waals surface area contributed by atoms with Crippen LogP contribution in [0.25, 0.3) is 11.0 Å². The predicted octanol–water partition coefficient (Wildman–Crippen LogP) is 3.84. The van der Waals surface area contributed by atoms with E-state index in [9.17, 15) is 9.18 Å². The summed E-state index contributed by atoms with van der Waals surface area (Å²) in [6.07, 6.45) is 4.92. The van der Waals surface area contributed by atoms with Gasteiger partial charge < -0.3 is 20.3 Å². The second kappa shape index (κ2) is 8.82. The van der Waals surface area contributed by atoms with E-state index in [1.807, 2.05) is 17.0 Å². The first-order chi connectivity index (χ1) is 16.0. The zero-order valence-electron chi connectivity index (χ0n) is 17.7. The van der Waals surface area contributed by atoms with E-state index in [-0.39, 0.29) is 22.7 Å². The van der Waals surface area contributed by atoms with Crippen LogP contribution in [0.15, 0.2) is 43.2 Å². The fraction of sp³-hybridized carbons (Fsp3) is 0.304. The summed E-state index contributed by atoms with van der Waals surface area (Å²) in [7, 11) is 0. The Morgan fingerprint density at radius 2 is 2.09 bits per heavy atom. The summed E-state index contributed by atoms with van der Waals surface area (Å²) in [6, 6.07) is 6.95. The molecule has 0 bridgehead atoms. The van der Waals surface area contributed by atoms with Crippen LogP contribution >= 0.6 is 11.6 Å². The summed E-state index contributed by atoms with van der Waals surface area (Å²) in [5, 5.41) is 5.77. The number of nitrogens with one attached hydrogen (secondary N) is 2. The van der Waals surface area contributed by atoms with Gasteiger partial charge in [0.05, 0.1) is 23.9 Å². The number of hydrogen-bond acceptors (Lipinski definition) is 7. The normalized spacial score (nSPS) is 15.8. The molecule has 2 N–H and O–H groups in total. The first-order valence-corrected chi connectivity index (χ1v) is 11.1. The van der Waals surface area contributed by atoms with Crippen LogP contribution in [0.5, 0.6) is 5.75 Å². The van der Waals surface area contributed by atoms with Crippen molar-refractivity contribution in [1.29, 1.82) is 0 Å². The molecule has 3 aromatic rings. The van der Waals surface area contributed by atoms with E-state index in [1.54, 1.807) is 12.1 Å². The number of carbonyl (C=O) groups excluding carboxylic acids is 1. The molecular weight excluding hydrogens is 447 g/mol. The smallest absolute Gasteiger partial charge is 0.243 e. The van der Waals surface area contributed by atoms with E-state index in [0.717, 1.165) is 12.8 Å². The van der Waals surface area contributed by atoms with Crippen molar-refractivity contribution in [3.8, 4) is 5.75 Å². The van der Waals surface area contributed by atoms with E-state index in [4.69, 9.17) is 16.3 Å². The van der Waals surface area contributed by atoms with Gasteiger partial charge >= 0.3 is 0 Å². The van der Waals surface area contributed by atoms with E-state index in [2.05, 4.69) is 32.2 Å². The SMILES string of the molecule is C=CC(=O)NC1CN(c2ccc3ncnc(Nc4ccc(OCC5CC5)c(Cl)c4F)c3n2)C1. The van der Waals surface area contributed by atoms with Gasteiger partial charge in [-0.3, -0.25) is 4.79 Å². The third-order valence-corrected chi connectivity index (χ3v) is 6.03. The predicted molar refractivity (Wildman–Crippen MR) is 125 cm³/mol. The minimum Gasteiger partial charge on any atom is -0.492 e. The van der Waals surface area contributed by atoms with Gasteiger partial charge in [0.2, 0.25) is 5.91 Å². The number of halogens is 2. The van der Waals surface area contributed by atoms with E-state index < -0.39 is 5.82 Å². The fourth-order valence-electron chi connectivity index (χ4n) is 3.57. The Balaban J connectivity index is 1.35. The third-order valence-electron chi connectivity index (χ3n) is 5.68. The molecule has 33 heavy (non-hydrogen) atoms. The molecule has 2 aromatic heterocycles. The Bertz CT molecular complexity index is 1230. The molecule has 1 amide bonds. The fourth-order valence-corrected chi connectivity index (χ4v) is 3.79. The highest BCUT2D eigenvalue weighted by Crippen LogP contribution is 2.36. The summed E-state index contributed by atoms with van der Waals surface area (Å²) in [5.74, 6) is 1.13. The van der Waals surface area contributed by atoms with Crippen molar-refractivity contribution >= 4 is 45.9 Å². The van der Waals surface area contributed by atoms with Crippen molar-refractivity contribution in [1.82, 2.24) is 20.3 Å². The number of aromatic nitrogens is 3. The van der Waals surface area contributed by atoms with E-state index in [0.29, 0.717) is 54.0 Å². The summed E-state index contributed by atoms with van der Waals surface area (Å²) in [6.45, 7) is 5.26. The maximum atomic E-state index is 14.9. The number of benzene rings is 1. The highest BCUT2D eigenvalue weighted by Gasteiger charge is 2.29. The Morgan fingerprint density at radius 1 is 1.27 bits per heavy atom. The third kappa shape index (κ3) is 4.54. The number of anilines is 3. The highest BCUT2D eigenvalue weighted by molar-refractivity contribution is 6.32. The number of nitrogens with zero attached hydrogens (tertiary/aromatic N) is 4. The minimum atomic E-state index is -0.614. The molecule has 10 heteroatoms. The second-order valence-electron chi connectivity index (χ2n) is 8.19. The van der Waals surface area contributed by atoms with Gasteiger partial charge in [-0.25, -0.2) is 19.3 Å². The maximum Gasteiger partial charge on any atom is 0.243 e. The molecule has 5 rings (SSSR count). The van der Waals surface area contributed by atoms with Crippen LogP contribution in [0.1, 0.15) is 12.8 Å². The zero-order valence-corrected chi connectivity index (χ0v) is 18.5. The topological polar surface area (TPSA) is 92.3 Å². The van der Waals surface area contributed by atoms with Gasteiger partial charge in [0.1, 0.15) is 28.4 Å². The number of rotatable bonds is 8. The average molecular weight is 469 g/mol. The lowest BCUT2D eigenvalue weighted by Crippen LogP contribution is -2.59. The molecule has 0 atom stereocenters. The molecule has 1 saturated carbocycles. The van der Waals surface area contributed by atoms with Crippen LogP contribution in [0.3, 0.4) is 0 Å². The first-order valence-electron chi connectivity index (χ1n) is 10.7. The summed E-state index contributed by atoms with van der Waals surface area (Å²) >= 11 is 6.21. The molecule has 1 aliphatic heterocycles. The summed E-state index contributed by atoms with van der Waals surface area (Å²) in [4.78, 5) is 26.7. The van der Waals surface area contributed by atoms with Crippen LogP contribution < -0.4 is 20.3 Å². The average Bonchev–Trinajstić information content (AvgIpc) is 3.63. The van der Waals surface area contributed by atoms with Gasteiger partial charge in [-0.05, 0) is 49.1 Å². The maximum absolute atomic E-state index is 14.9. The van der Waals surface area contributed by atoms with Gasteiger partial charge in [0, 0.05) is 13.1 Å². The van der Waals surface area contributed by atoms with Gasteiger partial charge in [0.25, 0.3) is 0 Å². The van der Waals surface area contributed by atoms with Crippen LogP contribution in [-0.4, -0.2) is 46.6 Å². The number of hydrogen-bond donors (Lipinski definition) is 2. The van der Waals surface area contributed by atoms with Crippen molar-refractivity contribution in [2.24, 2.45) is 5.92 Å². The molecule has 2 aliphatic rings. The minimum absolute atomic E-state index is 0.0366. The monoisotopic (exact) mass is 468 g/mol.